The summed E-state index contributed by atoms with van der Waals surface area (Å²) >= 11 is 1.52. The lowest BCUT2D eigenvalue weighted by molar-refractivity contribution is -0.137. The van der Waals surface area contributed by atoms with Crippen LogP contribution in [0.5, 0.6) is 0 Å². The third-order valence-corrected chi connectivity index (χ3v) is 6.20. The molecular formula is C19H21F3N4O2S. The first-order valence-electron chi connectivity index (χ1n) is 9.43. The van der Waals surface area contributed by atoms with Crippen molar-refractivity contribution >= 4 is 23.1 Å². The SMILES string of the molecule is O=C1CCOC2(CCN(c3ccc(C(F)(F)F)cn3)CC2)CN1Cc1nccs1. The number of piperidine rings is 1. The van der Waals surface area contributed by atoms with Gasteiger partial charge in [-0.2, -0.15) is 13.2 Å². The second-order valence-corrected chi connectivity index (χ2v) is 8.33. The van der Waals surface area contributed by atoms with Gasteiger partial charge in [-0.05, 0) is 25.0 Å². The van der Waals surface area contributed by atoms with E-state index < -0.39 is 17.3 Å². The normalized spacial score (nSPS) is 20.2. The molecule has 29 heavy (non-hydrogen) atoms. The van der Waals surface area contributed by atoms with Crippen LogP contribution in [0.25, 0.3) is 0 Å². The van der Waals surface area contributed by atoms with Gasteiger partial charge in [0.15, 0.2) is 0 Å². The minimum atomic E-state index is -4.39. The fraction of sp³-hybridized carbons (Fsp3) is 0.526. The van der Waals surface area contributed by atoms with Crippen molar-refractivity contribution in [2.45, 2.75) is 37.6 Å². The van der Waals surface area contributed by atoms with E-state index in [1.807, 2.05) is 15.2 Å². The van der Waals surface area contributed by atoms with Crippen LogP contribution in [0.1, 0.15) is 29.8 Å². The maximum atomic E-state index is 12.7. The van der Waals surface area contributed by atoms with Crippen LogP contribution in [-0.4, -0.2) is 52.6 Å². The van der Waals surface area contributed by atoms with Crippen molar-refractivity contribution < 1.29 is 22.7 Å². The highest BCUT2D eigenvalue weighted by Gasteiger charge is 2.41. The molecule has 2 aliphatic heterocycles. The number of pyridine rings is 1. The number of thiazole rings is 1. The summed E-state index contributed by atoms with van der Waals surface area (Å²) in [6.45, 7) is 2.58. The molecular weight excluding hydrogens is 405 g/mol. The Morgan fingerprint density at radius 2 is 2.00 bits per heavy atom. The van der Waals surface area contributed by atoms with Crippen LogP contribution in [0.4, 0.5) is 19.0 Å². The average molecular weight is 426 g/mol. The molecule has 6 nitrogen and oxygen atoms in total. The van der Waals surface area contributed by atoms with Crippen LogP contribution >= 0.6 is 11.3 Å². The van der Waals surface area contributed by atoms with Gasteiger partial charge >= 0.3 is 6.18 Å². The molecule has 0 N–H and O–H groups in total. The van der Waals surface area contributed by atoms with E-state index in [4.69, 9.17) is 4.74 Å². The van der Waals surface area contributed by atoms with E-state index in [2.05, 4.69) is 9.97 Å². The number of nitrogens with zero attached hydrogens (tertiary/aromatic N) is 4. The summed E-state index contributed by atoms with van der Waals surface area (Å²) in [6.07, 6.45) is -0.0918. The van der Waals surface area contributed by atoms with Crippen LogP contribution < -0.4 is 4.90 Å². The summed E-state index contributed by atoms with van der Waals surface area (Å²) in [5, 5.41) is 2.78. The molecule has 4 rings (SSSR count). The first-order valence-corrected chi connectivity index (χ1v) is 10.3. The standard InChI is InChI=1S/C19H21F3N4O2S/c20-19(21,22)14-1-2-15(24-11-14)25-7-4-18(5-8-25)13-26(17(27)3-9-28-18)12-16-23-6-10-29-16/h1-2,6,10-11H,3-5,7-9,12-13H2. The van der Waals surface area contributed by atoms with Gasteiger partial charge in [-0.25, -0.2) is 9.97 Å². The number of halogens is 3. The van der Waals surface area contributed by atoms with Crippen molar-refractivity contribution in [1.29, 1.82) is 0 Å². The largest absolute Gasteiger partial charge is 0.417 e. The highest BCUT2D eigenvalue weighted by atomic mass is 32.1. The summed E-state index contributed by atoms with van der Waals surface area (Å²) in [6, 6.07) is 2.47. The fourth-order valence-corrected chi connectivity index (χ4v) is 4.45. The van der Waals surface area contributed by atoms with Crippen LogP contribution in [0.15, 0.2) is 29.9 Å². The molecule has 1 amide bonds. The fourth-order valence-electron chi connectivity index (χ4n) is 3.82. The minimum absolute atomic E-state index is 0.0592. The summed E-state index contributed by atoms with van der Waals surface area (Å²) in [5.74, 6) is 0.584. The summed E-state index contributed by atoms with van der Waals surface area (Å²) < 4.78 is 44.3. The van der Waals surface area contributed by atoms with E-state index in [1.165, 1.54) is 17.4 Å². The summed E-state index contributed by atoms with van der Waals surface area (Å²) in [4.78, 5) is 24.5. The van der Waals surface area contributed by atoms with E-state index in [-0.39, 0.29) is 5.91 Å². The van der Waals surface area contributed by atoms with Gasteiger partial charge in [0.25, 0.3) is 0 Å². The molecule has 0 bridgehead atoms. The van der Waals surface area contributed by atoms with E-state index in [1.54, 1.807) is 6.20 Å². The molecule has 1 spiro atoms. The Hall–Kier alpha value is -2.20. The summed E-state index contributed by atoms with van der Waals surface area (Å²) in [5.41, 5.74) is -1.19. The monoisotopic (exact) mass is 426 g/mol. The Morgan fingerprint density at radius 3 is 2.62 bits per heavy atom. The van der Waals surface area contributed by atoms with Gasteiger partial charge in [0.1, 0.15) is 10.8 Å². The topological polar surface area (TPSA) is 58.6 Å². The number of anilines is 1. The maximum Gasteiger partial charge on any atom is 0.417 e. The molecule has 0 saturated carbocycles. The van der Waals surface area contributed by atoms with Gasteiger partial charge in [-0.3, -0.25) is 4.79 Å². The smallest absolute Gasteiger partial charge is 0.372 e. The molecule has 0 radical (unpaired) electrons. The second kappa shape index (κ2) is 7.91. The molecule has 2 saturated heterocycles. The van der Waals surface area contributed by atoms with Gasteiger partial charge in [0.2, 0.25) is 5.91 Å². The number of aromatic nitrogens is 2. The van der Waals surface area contributed by atoms with Crippen molar-refractivity contribution in [3.8, 4) is 0 Å². The number of amides is 1. The molecule has 0 aromatic carbocycles. The Balaban J connectivity index is 1.42. The van der Waals surface area contributed by atoms with E-state index in [0.29, 0.717) is 57.9 Å². The molecule has 156 valence electrons. The average Bonchev–Trinajstić information content (AvgIpc) is 3.15. The van der Waals surface area contributed by atoms with Crippen LogP contribution in [-0.2, 0) is 22.3 Å². The van der Waals surface area contributed by atoms with Gasteiger partial charge in [0, 0.05) is 30.9 Å². The zero-order chi connectivity index (χ0) is 20.5. The van der Waals surface area contributed by atoms with Crippen LogP contribution in [0, 0.1) is 0 Å². The molecule has 2 fully saturated rings. The number of alkyl halides is 3. The van der Waals surface area contributed by atoms with Gasteiger partial charge in [-0.1, -0.05) is 0 Å². The molecule has 2 aliphatic rings. The maximum absolute atomic E-state index is 12.7. The van der Waals surface area contributed by atoms with Crippen molar-refractivity contribution in [2.75, 3.05) is 31.1 Å². The Labute approximate surface area is 170 Å². The molecule has 0 atom stereocenters. The second-order valence-electron chi connectivity index (χ2n) is 7.35. The predicted molar refractivity (Wildman–Crippen MR) is 102 cm³/mol. The molecule has 10 heteroatoms. The van der Waals surface area contributed by atoms with Crippen molar-refractivity contribution in [1.82, 2.24) is 14.9 Å². The molecule has 4 heterocycles. The van der Waals surface area contributed by atoms with Crippen molar-refractivity contribution in [3.63, 3.8) is 0 Å². The van der Waals surface area contributed by atoms with E-state index >= 15 is 0 Å². The highest BCUT2D eigenvalue weighted by Crippen LogP contribution is 2.33. The zero-order valence-corrected chi connectivity index (χ0v) is 16.5. The lowest BCUT2D eigenvalue weighted by Crippen LogP contribution is -2.52. The van der Waals surface area contributed by atoms with Gasteiger partial charge < -0.3 is 14.5 Å². The lowest BCUT2D eigenvalue weighted by Gasteiger charge is -2.43. The number of hydrogen-bond acceptors (Lipinski definition) is 6. The summed E-state index contributed by atoms with van der Waals surface area (Å²) in [7, 11) is 0. The number of rotatable bonds is 3. The first kappa shape index (κ1) is 20.1. The minimum Gasteiger partial charge on any atom is -0.372 e. The van der Waals surface area contributed by atoms with Crippen molar-refractivity contribution in [3.05, 3.63) is 40.5 Å². The highest BCUT2D eigenvalue weighted by molar-refractivity contribution is 7.09. The number of carbonyl (C=O) groups is 1. The van der Waals surface area contributed by atoms with Crippen molar-refractivity contribution in [2.24, 2.45) is 0 Å². The Kier molecular flexibility index (Phi) is 5.48. The zero-order valence-electron chi connectivity index (χ0n) is 15.7. The molecule has 0 unspecified atom stereocenters. The third kappa shape index (κ3) is 4.53. The predicted octanol–water partition coefficient (Wildman–Crippen LogP) is 3.35. The van der Waals surface area contributed by atoms with Gasteiger partial charge in [-0.15, -0.1) is 11.3 Å². The molecule has 2 aromatic rings. The molecule has 0 aliphatic carbocycles. The number of hydrogen-bond donors (Lipinski definition) is 0. The number of ether oxygens (including phenoxy) is 1. The van der Waals surface area contributed by atoms with Crippen LogP contribution in [0.3, 0.4) is 0 Å². The Bertz CT molecular complexity index is 834. The number of carbonyl (C=O) groups excluding carboxylic acids is 1. The Morgan fingerprint density at radius 1 is 1.21 bits per heavy atom. The quantitative estimate of drug-likeness (QED) is 0.754. The van der Waals surface area contributed by atoms with Crippen LogP contribution in [0.2, 0.25) is 0 Å². The van der Waals surface area contributed by atoms with E-state index in [9.17, 15) is 18.0 Å². The lowest BCUT2D eigenvalue weighted by atomic mass is 9.90. The molecule has 2 aromatic heterocycles. The van der Waals surface area contributed by atoms with E-state index in [0.717, 1.165) is 17.3 Å². The third-order valence-electron chi connectivity index (χ3n) is 5.44. The first-order chi connectivity index (χ1) is 13.8. The van der Waals surface area contributed by atoms with Gasteiger partial charge in [0.05, 0.1) is 37.3 Å².